The van der Waals surface area contributed by atoms with E-state index in [9.17, 15) is 9.59 Å². The fraction of sp³-hybridized carbons (Fsp3) is 0.417. The first kappa shape index (κ1) is 19.3. The van der Waals surface area contributed by atoms with Crippen LogP contribution >= 0.6 is 0 Å². The lowest BCUT2D eigenvalue weighted by Gasteiger charge is -2.19. The van der Waals surface area contributed by atoms with Crippen molar-refractivity contribution in [1.29, 1.82) is 0 Å². The third kappa shape index (κ3) is 5.06. The summed E-state index contributed by atoms with van der Waals surface area (Å²) in [6.45, 7) is 2.21. The second kappa shape index (κ2) is 9.50. The van der Waals surface area contributed by atoms with Crippen molar-refractivity contribution in [3.05, 3.63) is 64.7 Å². The van der Waals surface area contributed by atoms with E-state index in [0.717, 1.165) is 36.0 Å². The van der Waals surface area contributed by atoms with Crippen LogP contribution in [-0.4, -0.2) is 11.8 Å². The highest BCUT2D eigenvalue weighted by Crippen LogP contribution is 2.29. The van der Waals surface area contributed by atoms with Crippen LogP contribution in [0.2, 0.25) is 0 Å². The van der Waals surface area contributed by atoms with E-state index in [2.05, 4.69) is 6.92 Å². The molecule has 0 heterocycles. The van der Waals surface area contributed by atoms with Crippen molar-refractivity contribution in [3.8, 4) is 5.75 Å². The average Bonchev–Trinajstić information content (AvgIpc) is 2.68. The molecule has 0 radical (unpaired) electrons. The summed E-state index contributed by atoms with van der Waals surface area (Å²) in [4.78, 5) is 24.8. The number of fused-ring (bicyclic) bond motifs is 2. The molecular weight excluding hydrogens is 336 g/mol. The summed E-state index contributed by atoms with van der Waals surface area (Å²) in [5.74, 6) is 0.262. The van der Waals surface area contributed by atoms with Crippen LogP contribution in [0.1, 0.15) is 85.3 Å². The minimum atomic E-state index is -0.216. The molecule has 0 unspecified atom stereocenters. The summed E-state index contributed by atoms with van der Waals surface area (Å²) in [6.07, 6.45) is 9.36. The zero-order valence-electron chi connectivity index (χ0n) is 16.1. The van der Waals surface area contributed by atoms with E-state index >= 15 is 0 Å². The summed E-state index contributed by atoms with van der Waals surface area (Å²) in [5.41, 5.74) is 3.44. The van der Waals surface area contributed by atoms with Gasteiger partial charge in [-0.25, -0.2) is 0 Å². The van der Waals surface area contributed by atoms with Crippen LogP contribution in [0.25, 0.3) is 0 Å². The number of ketones is 1. The van der Waals surface area contributed by atoms with E-state index in [4.69, 9.17) is 4.74 Å². The second-order valence-electron chi connectivity index (χ2n) is 7.33. The van der Waals surface area contributed by atoms with Gasteiger partial charge in [0.15, 0.2) is 5.78 Å². The SMILES string of the molecule is CCCCCCCCCC(=O)Oc1ccc2c(c1)C(=O)c1ccccc1C2. The maximum atomic E-state index is 12.7. The minimum absolute atomic E-state index is 0.0110. The van der Waals surface area contributed by atoms with Gasteiger partial charge in [-0.3, -0.25) is 9.59 Å². The summed E-state index contributed by atoms with van der Waals surface area (Å²) in [7, 11) is 0. The van der Waals surface area contributed by atoms with Crippen molar-refractivity contribution in [2.24, 2.45) is 0 Å². The van der Waals surface area contributed by atoms with Gasteiger partial charge in [-0.2, -0.15) is 0 Å². The second-order valence-corrected chi connectivity index (χ2v) is 7.33. The standard InChI is InChI=1S/C24H28O3/c1-2-3-4-5-6-7-8-13-23(25)27-20-15-14-19-16-18-11-9-10-12-21(18)24(26)22(19)17-20/h9-12,14-15,17H,2-8,13,16H2,1H3. The zero-order chi connectivity index (χ0) is 19.1. The molecule has 142 valence electrons. The van der Waals surface area contributed by atoms with Gasteiger partial charge in [-0.15, -0.1) is 0 Å². The quantitative estimate of drug-likeness (QED) is 0.271. The molecule has 2 aromatic rings. The van der Waals surface area contributed by atoms with Crippen molar-refractivity contribution >= 4 is 11.8 Å². The highest BCUT2D eigenvalue weighted by atomic mass is 16.5. The topological polar surface area (TPSA) is 43.4 Å². The van der Waals surface area contributed by atoms with Crippen LogP contribution in [0.5, 0.6) is 5.75 Å². The van der Waals surface area contributed by atoms with E-state index < -0.39 is 0 Å². The molecule has 0 saturated carbocycles. The predicted octanol–water partition coefficient (Wildman–Crippen LogP) is 5.87. The minimum Gasteiger partial charge on any atom is -0.427 e. The normalized spacial score (nSPS) is 12.4. The largest absolute Gasteiger partial charge is 0.427 e. The zero-order valence-corrected chi connectivity index (χ0v) is 16.1. The molecular formula is C24H28O3. The van der Waals surface area contributed by atoms with Gasteiger partial charge in [0.25, 0.3) is 0 Å². The van der Waals surface area contributed by atoms with Crippen molar-refractivity contribution in [1.82, 2.24) is 0 Å². The first-order valence-electron chi connectivity index (χ1n) is 10.1. The van der Waals surface area contributed by atoms with E-state index in [0.29, 0.717) is 17.7 Å². The monoisotopic (exact) mass is 364 g/mol. The first-order chi connectivity index (χ1) is 13.2. The number of unbranched alkanes of at least 4 members (excludes halogenated alkanes) is 6. The van der Waals surface area contributed by atoms with Gasteiger partial charge >= 0.3 is 5.97 Å². The highest BCUT2D eigenvalue weighted by Gasteiger charge is 2.23. The van der Waals surface area contributed by atoms with Crippen LogP contribution in [0, 0.1) is 0 Å². The van der Waals surface area contributed by atoms with Crippen LogP contribution in [-0.2, 0) is 11.2 Å². The Bertz CT molecular complexity index is 807. The van der Waals surface area contributed by atoms with Gasteiger partial charge < -0.3 is 4.74 Å². The molecule has 27 heavy (non-hydrogen) atoms. The molecule has 3 nitrogen and oxygen atoms in total. The Morgan fingerprint density at radius 3 is 2.41 bits per heavy atom. The fourth-order valence-electron chi connectivity index (χ4n) is 3.64. The number of ether oxygens (including phenoxy) is 1. The summed E-state index contributed by atoms with van der Waals surface area (Å²) < 4.78 is 5.47. The fourth-order valence-corrected chi connectivity index (χ4v) is 3.64. The molecule has 3 rings (SSSR count). The smallest absolute Gasteiger partial charge is 0.311 e. The number of benzene rings is 2. The molecule has 0 amide bonds. The van der Waals surface area contributed by atoms with E-state index in [-0.39, 0.29) is 11.8 Å². The average molecular weight is 364 g/mol. The molecule has 2 aromatic carbocycles. The maximum Gasteiger partial charge on any atom is 0.311 e. The molecule has 0 atom stereocenters. The number of carbonyl (C=O) groups excluding carboxylic acids is 2. The molecule has 0 saturated heterocycles. The summed E-state index contributed by atoms with van der Waals surface area (Å²) in [6, 6.07) is 13.1. The van der Waals surface area contributed by atoms with Crippen LogP contribution < -0.4 is 4.74 Å². The Labute approximate surface area is 161 Å². The van der Waals surface area contributed by atoms with Crippen LogP contribution in [0.15, 0.2) is 42.5 Å². The number of rotatable bonds is 9. The Kier molecular flexibility index (Phi) is 6.80. The molecule has 3 heteroatoms. The number of hydrogen-bond acceptors (Lipinski definition) is 3. The van der Waals surface area contributed by atoms with Crippen LogP contribution in [0.4, 0.5) is 0 Å². The van der Waals surface area contributed by atoms with Crippen LogP contribution in [0.3, 0.4) is 0 Å². The van der Waals surface area contributed by atoms with Gasteiger partial charge in [0, 0.05) is 17.5 Å². The van der Waals surface area contributed by atoms with E-state index in [1.807, 2.05) is 30.3 Å². The molecule has 0 N–H and O–H groups in total. The molecule has 0 aromatic heterocycles. The third-order valence-corrected chi connectivity index (χ3v) is 5.18. The van der Waals surface area contributed by atoms with Crippen molar-refractivity contribution < 1.29 is 14.3 Å². The van der Waals surface area contributed by atoms with Gasteiger partial charge in [0.1, 0.15) is 5.75 Å². The van der Waals surface area contributed by atoms with Crippen molar-refractivity contribution in [2.75, 3.05) is 0 Å². The Morgan fingerprint density at radius 1 is 0.889 bits per heavy atom. The number of carbonyl (C=O) groups is 2. The highest BCUT2D eigenvalue weighted by molar-refractivity contribution is 6.12. The molecule has 1 aliphatic carbocycles. The Hall–Kier alpha value is -2.42. The lowest BCUT2D eigenvalue weighted by atomic mass is 9.85. The molecule has 0 bridgehead atoms. The molecule has 0 aliphatic heterocycles. The van der Waals surface area contributed by atoms with E-state index in [1.54, 1.807) is 12.1 Å². The molecule has 0 fully saturated rings. The Balaban J connectivity index is 1.52. The predicted molar refractivity (Wildman–Crippen MR) is 107 cm³/mol. The Morgan fingerprint density at radius 2 is 1.59 bits per heavy atom. The van der Waals surface area contributed by atoms with Gasteiger partial charge in [-0.1, -0.05) is 75.8 Å². The van der Waals surface area contributed by atoms with E-state index in [1.165, 1.54) is 32.1 Å². The lowest BCUT2D eigenvalue weighted by molar-refractivity contribution is -0.134. The van der Waals surface area contributed by atoms with Gasteiger partial charge in [0.05, 0.1) is 0 Å². The summed E-state index contributed by atoms with van der Waals surface area (Å²) >= 11 is 0. The molecule has 1 aliphatic rings. The third-order valence-electron chi connectivity index (χ3n) is 5.18. The molecule has 0 spiro atoms. The van der Waals surface area contributed by atoms with Crippen molar-refractivity contribution in [2.45, 2.75) is 64.7 Å². The first-order valence-corrected chi connectivity index (χ1v) is 10.1. The number of esters is 1. The van der Waals surface area contributed by atoms with Crippen molar-refractivity contribution in [3.63, 3.8) is 0 Å². The maximum absolute atomic E-state index is 12.7. The van der Waals surface area contributed by atoms with Gasteiger partial charge in [0.2, 0.25) is 0 Å². The lowest BCUT2D eigenvalue weighted by Crippen LogP contribution is -2.15. The van der Waals surface area contributed by atoms with Gasteiger partial charge in [-0.05, 0) is 36.1 Å². The number of hydrogen-bond donors (Lipinski definition) is 0. The summed E-state index contributed by atoms with van der Waals surface area (Å²) in [5, 5.41) is 0.